The molecule has 3 fully saturated rings. The molecule has 1 amide bonds. The number of hydrogen-bond donors (Lipinski definition) is 1. The highest BCUT2D eigenvalue weighted by Crippen LogP contribution is 2.52. The molecular formula is C15H27ClN2O. The van der Waals surface area contributed by atoms with E-state index < -0.39 is 0 Å². The standard InChI is InChI=1S/C15H26N2O.ClH/c1-14(2)7-11-8-15(3,9-14)10-17(11)13(18)12-5-4-6-16-12;/h11-12,16H,4-10H2,1-3H3;1H. The Morgan fingerprint density at radius 2 is 2.00 bits per heavy atom. The molecular weight excluding hydrogens is 260 g/mol. The molecule has 110 valence electrons. The molecule has 0 aromatic carbocycles. The summed E-state index contributed by atoms with van der Waals surface area (Å²) in [6.45, 7) is 9.09. The van der Waals surface area contributed by atoms with Crippen molar-refractivity contribution in [3.63, 3.8) is 0 Å². The zero-order valence-electron chi connectivity index (χ0n) is 12.4. The van der Waals surface area contributed by atoms with Crippen molar-refractivity contribution in [1.82, 2.24) is 10.2 Å². The van der Waals surface area contributed by atoms with E-state index in [2.05, 4.69) is 31.0 Å². The lowest BCUT2D eigenvalue weighted by Gasteiger charge is -2.39. The lowest BCUT2D eigenvalue weighted by Crippen LogP contribution is -2.46. The van der Waals surface area contributed by atoms with Crippen molar-refractivity contribution in [3.8, 4) is 0 Å². The van der Waals surface area contributed by atoms with Gasteiger partial charge in [0, 0.05) is 12.6 Å². The Labute approximate surface area is 122 Å². The summed E-state index contributed by atoms with van der Waals surface area (Å²) >= 11 is 0. The summed E-state index contributed by atoms with van der Waals surface area (Å²) in [6, 6.07) is 0.602. The minimum absolute atomic E-state index is 0. The maximum atomic E-state index is 12.6. The van der Waals surface area contributed by atoms with E-state index in [0.717, 1.165) is 25.9 Å². The Kier molecular flexibility index (Phi) is 3.92. The summed E-state index contributed by atoms with van der Waals surface area (Å²) in [4.78, 5) is 14.8. The number of rotatable bonds is 1. The van der Waals surface area contributed by atoms with Crippen molar-refractivity contribution in [2.75, 3.05) is 13.1 Å². The van der Waals surface area contributed by atoms with Crippen LogP contribution in [0.4, 0.5) is 0 Å². The third kappa shape index (κ3) is 2.78. The lowest BCUT2D eigenvalue weighted by atomic mass is 9.65. The number of fused-ring (bicyclic) bond motifs is 2. The minimum Gasteiger partial charge on any atom is -0.338 e. The Balaban J connectivity index is 0.00000133. The first-order valence-corrected chi connectivity index (χ1v) is 7.43. The number of carbonyl (C=O) groups is 1. The molecule has 0 radical (unpaired) electrons. The molecule has 1 saturated carbocycles. The molecule has 1 N–H and O–H groups in total. The Morgan fingerprint density at radius 3 is 2.63 bits per heavy atom. The fraction of sp³-hybridized carbons (Fsp3) is 0.933. The van der Waals surface area contributed by atoms with Gasteiger partial charge in [-0.25, -0.2) is 0 Å². The number of nitrogens with one attached hydrogen (secondary N) is 1. The highest BCUT2D eigenvalue weighted by atomic mass is 35.5. The normalized spacial score (nSPS) is 40.1. The quantitative estimate of drug-likeness (QED) is 0.804. The maximum absolute atomic E-state index is 12.6. The number of nitrogens with zero attached hydrogens (tertiary/aromatic N) is 1. The van der Waals surface area contributed by atoms with E-state index in [0.29, 0.717) is 22.8 Å². The monoisotopic (exact) mass is 286 g/mol. The first kappa shape index (κ1) is 15.1. The van der Waals surface area contributed by atoms with Crippen LogP contribution in [0.25, 0.3) is 0 Å². The highest BCUT2D eigenvalue weighted by Gasteiger charge is 2.51. The predicted molar refractivity (Wildman–Crippen MR) is 79.5 cm³/mol. The van der Waals surface area contributed by atoms with Crippen LogP contribution in [-0.4, -0.2) is 36.0 Å². The second-order valence-electron chi connectivity index (χ2n) is 7.83. The summed E-state index contributed by atoms with van der Waals surface area (Å²) in [6.07, 6.45) is 5.84. The first-order valence-electron chi connectivity index (χ1n) is 7.43. The van der Waals surface area contributed by atoms with Crippen molar-refractivity contribution in [2.24, 2.45) is 10.8 Å². The van der Waals surface area contributed by atoms with Gasteiger partial charge in [-0.15, -0.1) is 12.4 Å². The van der Waals surface area contributed by atoms with E-state index in [4.69, 9.17) is 0 Å². The summed E-state index contributed by atoms with van der Waals surface area (Å²) < 4.78 is 0. The van der Waals surface area contributed by atoms with Gasteiger partial charge in [-0.1, -0.05) is 20.8 Å². The minimum atomic E-state index is 0. The van der Waals surface area contributed by atoms with E-state index in [1.807, 2.05) is 0 Å². The van der Waals surface area contributed by atoms with E-state index in [1.165, 1.54) is 19.3 Å². The second-order valence-corrected chi connectivity index (χ2v) is 7.83. The van der Waals surface area contributed by atoms with Gasteiger partial charge in [-0.2, -0.15) is 0 Å². The average molecular weight is 287 g/mol. The highest BCUT2D eigenvalue weighted by molar-refractivity contribution is 5.85. The Bertz CT molecular complexity index is 365. The van der Waals surface area contributed by atoms with Crippen LogP contribution < -0.4 is 5.32 Å². The van der Waals surface area contributed by atoms with Gasteiger partial charge in [0.15, 0.2) is 0 Å². The molecule has 0 aromatic heterocycles. The zero-order chi connectivity index (χ0) is 13.0. The fourth-order valence-electron chi connectivity index (χ4n) is 4.81. The van der Waals surface area contributed by atoms with Crippen molar-refractivity contribution >= 4 is 18.3 Å². The van der Waals surface area contributed by atoms with E-state index in [1.54, 1.807) is 0 Å². The van der Waals surface area contributed by atoms with Crippen molar-refractivity contribution in [1.29, 1.82) is 0 Å². The molecule has 0 aromatic rings. The van der Waals surface area contributed by atoms with Crippen LogP contribution in [0.1, 0.15) is 52.9 Å². The third-order valence-corrected chi connectivity index (χ3v) is 5.06. The predicted octanol–water partition coefficient (Wildman–Crippen LogP) is 2.59. The molecule has 0 spiro atoms. The van der Waals surface area contributed by atoms with Gasteiger partial charge in [0.1, 0.15) is 0 Å². The van der Waals surface area contributed by atoms with Crippen LogP contribution in [0.2, 0.25) is 0 Å². The SMILES string of the molecule is CC1(C)CC2CC(C)(CN2C(=O)C2CCCN2)C1.Cl. The topological polar surface area (TPSA) is 32.3 Å². The van der Waals surface area contributed by atoms with Crippen LogP contribution >= 0.6 is 12.4 Å². The zero-order valence-corrected chi connectivity index (χ0v) is 13.2. The van der Waals surface area contributed by atoms with E-state index in [9.17, 15) is 4.79 Å². The molecule has 4 heteroatoms. The van der Waals surface area contributed by atoms with Crippen LogP contribution in [0, 0.1) is 10.8 Å². The summed E-state index contributed by atoms with van der Waals surface area (Å²) in [5.41, 5.74) is 0.760. The maximum Gasteiger partial charge on any atom is 0.239 e. The van der Waals surface area contributed by atoms with Crippen molar-refractivity contribution in [2.45, 2.75) is 65.0 Å². The smallest absolute Gasteiger partial charge is 0.239 e. The summed E-state index contributed by atoms with van der Waals surface area (Å²) in [5, 5.41) is 3.36. The van der Waals surface area contributed by atoms with Gasteiger partial charge in [0.25, 0.3) is 0 Å². The molecule has 1 aliphatic carbocycles. The summed E-state index contributed by atoms with van der Waals surface area (Å²) in [5.74, 6) is 0.374. The van der Waals surface area contributed by atoms with Gasteiger partial charge in [0.2, 0.25) is 5.91 Å². The molecule has 19 heavy (non-hydrogen) atoms. The molecule has 3 aliphatic rings. The molecule has 3 unspecified atom stereocenters. The Morgan fingerprint density at radius 1 is 1.26 bits per heavy atom. The van der Waals surface area contributed by atoms with E-state index in [-0.39, 0.29) is 18.4 Å². The molecule has 2 bridgehead atoms. The van der Waals surface area contributed by atoms with Gasteiger partial charge in [0.05, 0.1) is 6.04 Å². The van der Waals surface area contributed by atoms with Crippen molar-refractivity contribution < 1.29 is 4.79 Å². The number of hydrogen-bond acceptors (Lipinski definition) is 2. The van der Waals surface area contributed by atoms with E-state index >= 15 is 0 Å². The second kappa shape index (κ2) is 4.92. The molecule has 3 atom stereocenters. The molecule has 3 nitrogen and oxygen atoms in total. The molecule has 3 rings (SSSR count). The van der Waals surface area contributed by atoms with Crippen molar-refractivity contribution in [3.05, 3.63) is 0 Å². The van der Waals surface area contributed by atoms with Crippen LogP contribution in [0.3, 0.4) is 0 Å². The van der Waals surface area contributed by atoms with Gasteiger partial charge in [-0.05, 0) is 49.5 Å². The van der Waals surface area contributed by atoms with Crippen LogP contribution in [-0.2, 0) is 4.79 Å². The third-order valence-electron chi connectivity index (χ3n) is 5.06. The summed E-state index contributed by atoms with van der Waals surface area (Å²) in [7, 11) is 0. The first-order chi connectivity index (χ1) is 8.39. The van der Waals surface area contributed by atoms with Crippen LogP contribution in [0.5, 0.6) is 0 Å². The van der Waals surface area contributed by atoms with Gasteiger partial charge >= 0.3 is 0 Å². The number of carbonyl (C=O) groups excluding carboxylic acids is 1. The van der Waals surface area contributed by atoms with Gasteiger partial charge < -0.3 is 10.2 Å². The molecule has 2 aliphatic heterocycles. The largest absolute Gasteiger partial charge is 0.338 e. The molecule has 2 heterocycles. The number of halogens is 1. The number of amides is 1. The Hall–Kier alpha value is -0.280. The lowest BCUT2D eigenvalue weighted by molar-refractivity contribution is -0.134. The fourth-order valence-corrected chi connectivity index (χ4v) is 4.81. The van der Waals surface area contributed by atoms with Gasteiger partial charge in [-0.3, -0.25) is 4.79 Å². The van der Waals surface area contributed by atoms with Crippen LogP contribution in [0.15, 0.2) is 0 Å². The average Bonchev–Trinajstić information content (AvgIpc) is 2.82. The molecule has 2 saturated heterocycles. The number of likely N-dealkylation sites (tertiary alicyclic amines) is 1.